The highest BCUT2D eigenvalue weighted by Gasteiger charge is 2.51. The van der Waals surface area contributed by atoms with Crippen molar-refractivity contribution in [2.24, 2.45) is 0 Å². The van der Waals surface area contributed by atoms with Crippen LogP contribution < -0.4 is 4.74 Å². The highest BCUT2D eigenvalue weighted by Crippen LogP contribution is 2.37. The van der Waals surface area contributed by atoms with E-state index in [0.29, 0.717) is 11.5 Å². The van der Waals surface area contributed by atoms with E-state index in [4.69, 9.17) is 15.6 Å². The predicted molar refractivity (Wildman–Crippen MR) is 72.9 cm³/mol. The summed E-state index contributed by atoms with van der Waals surface area (Å²) < 4.78 is 11.1. The number of β-lactam (4-membered cyclic amide) rings is 1. The van der Waals surface area contributed by atoms with E-state index in [-0.39, 0.29) is 18.5 Å². The van der Waals surface area contributed by atoms with Crippen LogP contribution in [0.4, 0.5) is 0 Å². The summed E-state index contributed by atoms with van der Waals surface area (Å²) in [7, 11) is 0. The Kier molecular flexibility index (Phi) is 3.18. The number of nitrogens with zero attached hydrogens (tertiary/aromatic N) is 1. The third kappa shape index (κ3) is 2.04. The zero-order chi connectivity index (χ0) is 13.9. The van der Waals surface area contributed by atoms with Crippen LogP contribution in [0.1, 0.15) is 11.8 Å². The van der Waals surface area contributed by atoms with Gasteiger partial charge in [0.2, 0.25) is 6.10 Å². The molecule has 0 radical (unpaired) electrons. The van der Waals surface area contributed by atoms with Crippen molar-refractivity contribution in [2.75, 3.05) is 6.54 Å². The van der Waals surface area contributed by atoms with Gasteiger partial charge in [0.1, 0.15) is 17.6 Å². The van der Waals surface area contributed by atoms with Crippen molar-refractivity contribution < 1.29 is 13.9 Å². The number of furan rings is 1. The van der Waals surface area contributed by atoms with E-state index in [0.717, 1.165) is 0 Å². The first-order valence-corrected chi connectivity index (χ1v) is 6.30. The van der Waals surface area contributed by atoms with E-state index >= 15 is 0 Å². The molecule has 4 nitrogen and oxygen atoms in total. The van der Waals surface area contributed by atoms with E-state index in [1.54, 1.807) is 17.2 Å². The summed E-state index contributed by atoms with van der Waals surface area (Å²) >= 11 is 0. The summed E-state index contributed by atoms with van der Waals surface area (Å²) in [6, 6.07) is 12.6. The molecule has 1 amide bonds. The van der Waals surface area contributed by atoms with Gasteiger partial charge in [-0.15, -0.1) is 6.42 Å². The van der Waals surface area contributed by atoms with E-state index in [9.17, 15) is 4.79 Å². The SMILES string of the molecule is C#CCN1C(=O)[C@@H](Oc2ccccc2)[C@H]1c1ccco1. The standard InChI is InChI=1S/C16H13NO3/c1-2-10-17-14(13-9-6-11-19-13)15(16(17)18)20-12-7-4-3-5-8-12/h1,3-9,11,14-15H,10H2/t14-,15+/m1/s1. The van der Waals surface area contributed by atoms with Crippen molar-refractivity contribution in [3.8, 4) is 18.1 Å². The molecule has 0 aliphatic carbocycles. The lowest BCUT2D eigenvalue weighted by Gasteiger charge is -2.44. The van der Waals surface area contributed by atoms with Crippen molar-refractivity contribution in [3.05, 3.63) is 54.5 Å². The summed E-state index contributed by atoms with van der Waals surface area (Å²) in [6.45, 7) is 0.249. The number of ether oxygens (including phenoxy) is 1. The minimum Gasteiger partial charge on any atom is -0.478 e. The highest BCUT2D eigenvalue weighted by molar-refractivity contribution is 5.89. The number of likely N-dealkylation sites (tertiary alicyclic amines) is 1. The van der Waals surface area contributed by atoms with Gasteiger partial charge in [0, 0.05) is 0 Å². The molecule has 0 unspecified atom stereocenters. The second-order valence-electron chi connectivity index (χ2n) is 4.48. The molecule has 20 heavy (non-hydrogen) atoms. The fourth-order valence-corrected chi connectivity index (χ4v) is 2.31. The van der Waals surface area contributed by atoms with Crippen LogP contribution in [0.15, 0.2) is 53.1 Å². The number of benzene rings is 1. The van der Waals surface area contributed by atoms with E-state index in [2.05, 4.69) is 5.92 Å². The first-order valence-electron chi connectivity index (χ1n) is 6.30. The molecule has 0 saturated carbocycles. The molecule has 1 aliphatic heterocycles. The lowest BCUT2D eigenvalue weighted by Crippen LogP contribution is -2.61. The van der Waals surface area contributed by atoms with Gasteiger partial charge in [-0.05, 0) is 24.3 Å². The number of carbonyl (C=O) groups excluding carboxylic acids is 1. The van der Waals surface area contributed by atoms with Crippen LogP contribution in [0.5, 0.6) is 5.75 Å². The number of rotatable bonds is 4. The number of carbonyl (C=O) groups is 1. The van der Waals surface area contributed by atoms with Crippen LogP contribution >= 0.6 is 0 Å². The molecule has 0 spiro atoms. The Morgan fingerprint density at radius 3 is 2.70 bits per heavy atom. The van der Waals surface area contributed by atoms with Crippen molar-refractivity contribution >= 4 is 5.91 Å². The topological polar surface area (TPSA) is 42.7 Å². The van der Waals surface area contributed by atoms with Crippen LogP contribution in [0.3, 0.4) is 0 Å². The Morgan fingerprint density at radius 1 is 1.25 bits per heavy atom. The van der Waals surface area contributed by atoms with Crippen LogP contribution in [0.2, 0.25) is 0 Å². The number of terminal acetylenes is 1. The molecule has 1 aromatic carbocycles. The van der Waals surface area contributed by atoms with Gasteiger partial charge in [0.25, 0.3) is 5.91 Å². The van der Waals surface area contributed by atoms with Gasteiger partial charge >= 0.3 is 0 Å². The highest BCUT2D eigenvalue weighted by atomic mass is 16.5. The van der Waals surface area contributed by atoms with Crippen LogP contribution in [0, 0.1) is 12.3 Å². The summed E-state index contributed by atoms with van der Waals surface area (Å²) in [4.78, 5) is 13.7. The predicted octanol–water partition coefficient (Wildman–Crippen LogP) is 2.24. The van der Waals surface area contributed by atoms with E-state index < -0.39 is 6.10 Å². The summed E-state index contributed by atoms with van der Waals surface area (Å²) in [5, 5.41) is 0. The molecule has 1 aliphatic rings. The van der Waals surface area contributed by atoms with Crippen molar-refractivity contribution in [1.82, 2.24) is 4.90 Å². The molecule has 2 aromatic rings. The Balaban J connectivity index is 1.83. The Hall–Kier alpha value is -2.67. The molecule has 1 aromatic heterocycles. The normalized spacial score (nSPS) is 21.1. The van der Waals surface area contributed by atoms with Crippen LogP contribution in [-0.4, -0.2) is 23.5 Å². The Morgan fingerprint density at radius 2 is 2.05 bits per heavy atom. The minimum absolute atomic E-state index is 0.117. The van der Waals surface area contributed by atoms with Crippen molar-refractivity contribution in [3.63, 3.8) is 0 Å². The Labute approximate surface area is 117 Å². The maximum atomic E-state index is 12.1. The molecule has 2 heterocycles. The van der Waals surface area contributed by atoms with Gasteiger partial charge in [0.15, 0.2) is 0 Å². The third-order valence-corrected chi connectivity index (χ3v) is 3.25. The molecule has 0 bridgehead atoms. The quantitative estimate of drug-likeness (QED) is 0.630. The fraction of sp³-hybridized carbons (Fsp3) is 0.188. The molecular formula is C16H13NO3. The van der Waals surface area contributed by atoms with Gasteiger partial charge in [-0.1, -0.05) is 24.1 Å². The first kappa shape index (κ1) is 12.4. The van der Waals surface area contributed by atoms with E-state index in [1.807, 2.05) is 36.4 Å². The monoisotopic (exact) mass is 267 g/mol. The second-order valence-corrected chi connectivity index (χ2v) is 4.48. The maximum absolute atomic E-state index is 12.1. The molecule has 3 rings (SSSR count). The molecule has 100 valence electrons. The lowest BCUT2D eigenvalue weighted by molar-refractivity contribution is -0.164. The zero-order valence-corrected chi connectivity index (χ0v) is 10.7. The van der Waals surface area contributed by atoms with Crippen LogP contribution in [-0.2, 0) is 4.79 Å². The molecule has 0 N–H and O–H groups in total. The number of hydrogen-bond acceptors (Lipinski definition) is 3. The first-order chi connectivity index (χ1) is 9.81. The largest absolute Gasteiger partial charge is 0.478 e. The number of hydrogen-bond donors (Lipinski definition) is 0. The molecule has 2 atom stereocenters. The number of amides is 1. The van der Waals surface area contributed by atoms with Gasteiger partial charge in [-0.3, -0.25) is 4.79 Å². The average molecular weight is 267 g/mol. The molecule has 4 heteroatoms. The van der Waals surface area contributed by atoms with Crippen LogP contribution in [0.25, 0.3) is 0 Å². The molecular weight excluding hydrogens is 254 g/mol. The van der Waals surface area contributed by atoms with Gasteiger partial charge in [0.05, 0.1) is 12.8 Å². The van der Waals surface area contributed by atoms with Crippen molar-refractivity contribution in [2.45, 2.75) is 12.1 Å². The summed E-state index contributed by atoms with van der Waals surface area (Å²) in [5.41, 5.74) is 0. The zero-order valence-electron chi connectivity index (χ0n) is 10.7. The van der Waals surface area contributed by atoms with Gasteiger partial charge < -0.3 is 14.1 Å². The lowest BCUT2D eigenvalue weighted by atomic mass is 9.95. The fourth-order valence-electron chi connectivity index (χ4n) is 2.31. The minimum atomic E-state index is -0.586. The summed E-state index contributed by atoms with van der Waals surface area (Å²) in [5.74, 6) is 3.70. The Bertz CT molecular complexity index is 627. The molecule has 1 fully saturated rings. The maximum Gasteiger partial charge on any atom is 0.267 e. The van der Waals surface area contributed by atoms with Crippen molar-refractivity contribution in [1.29, 1.82) is 0 Å². The van der Waals surface area contributed by atoms with Gasteiger partial charge in [-0.2, -0.15) is 0 Å². The van der Waals surface area contributed by atoms with E-state index in [1.165, 1.54) is 0 Å². The summed E-state index contributed by atoms with van der Waals surface area (Å²) in [6.07, 6.45) is 6.29. The van der Waals surface area contributed by atoms with Gasteiger partial charge in [-0.25, -0.2) is 0 Å². The average Bonchev–Trinajstić information content (AvgIpc) is 3.00. The second kappa shape index (κ2) is 5.14. The number of para-hydroxylation sites is 1. The third-order valence-electron chi connectivity index (χ3n) is 3.25. The smallest absolute Gasteiger partial charge is 0.267 e. The molecule has 1 saturated heterocycles.